The van der Waals surface area contributed by atoms with Gasteiger partial charge in [0, 0.05) is 22.2 Å². The summed E-state index contributed by atoms with van der Waals surface area (Å²) in [4.78, 5) is 0. The van der Waals surface area contributed by atoms with Crippen LogP contribution in [0.2, 0.25) is 5.02 Å². The largest absolute Gasteiger partial charge is 0.202 e. The minimum atomic E-state index is 0.740. The monoisotopic (exact) mass is 344 g/mol. The lowest BCUT2D eigenvalue weighted by atomic mass is 10.1. The first kappa shape index (κ1) is 14.3. The number of benzene rings is 3. The number of aromatic nitrogens is 3. The molecule has 0 saturated carbocycles. The van der Waals surface area contributed by atoms with E-state index >= 15 is 0 Å². The van der Waals surface area contributed by atoms with Crippen LogP contribution >= 0.6 is 11.6 Å². The second-order valence-electron chi connectivity index (χ2n) is 6.04. The Morgan fingerprint density at radius 3 is 2.28 bits per heavy atom. The molecule has 0 unspecified atom stereocenters. The van der Waals surface area contributed by atoms with E-state index in [1.54, 1.807) is 0 Å². The molecule has 0 spiro atoms. The van der Waals surface area contributed by atoms with Gasteiger partial charge in [-0.25, -0.2) is 0 Å². The molecule has 3 aromatic carbocycles. The Labute approximate surface area is 149 Å². The first-order chi connectivity index (χ1) is 12.3. The van der Waals surface area contributed by atoms with Crippen molar-refractivity contribution in [2.75, 3.05) is 0 Å². The van der Waals surface area contributed by atoms with Gasteiger partial charge in [0.1, 0.15) is 5.69 Å². The van der Waals surface area contributed by atoms with Crippen LogP contribution in [0.25, 0.3) is 33.5 Å². The highest BCUT2D eigenvalue weighted by molar-refractivity contribution is 6.30. The smallest absolute Gasteiger partial charge is 0.165 e. The fourth-order valence-corrected chi connectivity index (χ4v) is 3.45. The van der Waals surface area contributed by atoms with E-state index < -0.39 is 0 Å². The summed E-state index contributed by atoms with van der Waals surface area (Å²) >= 11 is 6.06. The fraction of sp³-hybridized carbons (Fsp3) is 0. The van der Waals surface area contributed by atoms with Crippen LogP contribution in [0.4, 0.5) is 0 Å². The predicted octanol–water partition coefficient (Wildman–Crippen LogP) is 4.99. The zero-order valence-corrected chi connectivity index (χ0v) is 14.1. The maximum absolute atomic E-state index is 6.06. The quantitative estimate of drug-likeness (QED) is 0.436. The van der Waals surface area contributed by atoms with Gasteiger partial charge in [0.15, 0.2) is 11.2 Å². The Kier molecular flexibility index (Phi) is 3.15. The molecular weight excluding hydrogens is 330 g/mol. The van der Waals surface area contributed by atoms with Crippen LogP contribution < -0.4 is 4.52 Å². The summed E-state index contributed by atoms with van der Waals surface area (Å²) in [5.41, 5.74) is 6.75. The van der Waals surface area contributed by atoms with Crippen molar-refractivity contribution in [3.63, 3.8) is 0 Å². The van der Waals surface area contributed by atoms with Gasteiger partial charge in [-0.1, -0.05) is 66.2 Å². The number of para-hydroxylation sites is 2. The standard InChI is InChI=1S/C21H15ClN3/c22-17-12-10-16(11-13-17)21-14-20(15-6-2-1-3-7-15)24-19-9-5-4-8-18(19)23-25(21)24/h1-14,23H/q+1. The van der Waals surface area contributed by atoms with Crippen LogP contribution in [0.15, 0.2) is 84.9 Å². The molecule has 0 atom stereocenters. The fourth-order valence-electron chi connectivity index (χ4n) is 3.32. The van der Waals surface area contributed by atoms with Crippen molar-refractivity contribution < 1.29 is 4.52 Å². The molecular formula is C21H15ClN3+. The van der Waals surface area contributed by atoms with Gasteiger partial charge in [-0.3, -0.25) is 0 Å². The third kappa shape index (κ3) is 2.24. The van der Waals surface area contributed by atoms with Gasteiger partial charge in [-0.2, -0.15) is 5.10 Å². The van der Waals surface area contributed by atoms with Crippen LogP contribution in [-0.4, -0.2) is 9.73 Å². The number of rotatable bonds is 2. The van der Waals surface area contributed by atoms with Gasteiger partial charge in [-0.15, -0.1) is 4.52 Å². The predicted molar refractivity (Wildman–Crippen MR) is 101 cm³/mol. The molecule has 2 aromatic heterocycles. The number of nitrogens with zero attached hydrogens (tertiary/aromatic N) is 2. The van der Waals surface area contributed by atoms with Gasteiger partial charge in [-0.05, 0) is 28.9 Å². The summed E-state index contributed by atoms with van der Waals surface area (Å²) in [5, 5.41) is 4.24. The minimum Gasteiger partial charge on any atom is -0.165 e. The average molecular weight is 345 g/mol. The Hall–Kier alpha value is -3.04. The van der Waals surface area contributed by atoms with Crippen LogP contribution in [0.5, 0.6) is 0 Å². The van der Waals surface area contributed by atoms with E-state index in [0.717, 1.165) is 33.0 Å². The van der Waals surface area contributed by atoms with Crippen molar-refractivity contribution in [3.8, 4) is 22.5 Å². The van der Waals surface area contributed by atoms with Crippen LogP contribution in [0.1, 0.15) is 0 Å². The Morgan fingerprint density at radius 1 is 0.760 bits per heavy atom. The molecule has 0 saturated heterocycles. The summed E-state index contributed by atoms with van der Waals surface area (Å²) in [7, 11) is 0. The van der Waals surface area contributed by atoms with E-state index in [1.165, 1.54) is 5.56 Å². The van der Waals surface area contributed by atoms with Crippen molar-refractivity contribution >= 4 is 22.6 Å². The van der Waals surface area contributed by atoms with E-state index in [-0.39, 0.29) is 0 Å². The van der Waals surface area contributed by atoms with Gasteiger partial charge < -0.3 is 0 Å². The van der Waals surface area contributed by atoms with Gasteiger partial charge in [0.05, 0.1) is 0 Å². The molecule has 3 nitrogen and oxygen atoms in total. The first-order valence-electron chi connectivity index (χ1n) is 8.17. The lowest BCUT2D eigenvalue weighted by Gasteiger charge is -1.96. The highest BCUT2D eigenvalue weighted by Crippen LogP contribution is 2.27. The maximum atomic E-state index is 6.06. The molecule has 5 rings (SSSR count). The van der Waals surface area contributed by atoms with Crippen molar-refractivity contribution in [1.82, 2.24) is 9.73 Å². The number of hydrogen-bond acceptors (Lipinski definition) is 0. The Morgan fingerprint density at radius 2 is 1.48 bits per heavy atom. The van der Waals surface area contributed by atoms with Crippen molar-refractivity contribution in [1.29, 1.82) is 0 Å². The van der Waals surface area contributed by atoms with Gasteiger partial charge in [0.25, 0.3) is 0 Å². The molecule has 4 heteroatoms. The zero-order valence-electron chi connectivity index (χ0n) is 13.4. The second-order valence-corrected chi connectivity index (χ2v) is 6.48. The molecule has 0 aliphatic heterocycles. The number of halogens is 1. The number of fused-ring (bicyclic) bond motifs is 3. The number of aromatic amines is 1. The topological polar surface area (TPSA) is 24.3 Å². The highest BCUT2D eigenvalue weighted by Gasteiger charge is 2.22. The molecule has 2 heterocycles. The van der Waals surface area contributed by atoms with Crippen molar-refractivity contribution in [2.45, 2.75) is 0 Å². The molecule has 0 bridgehead atoms. The zero-order chi connectivity index (χ0) is 16.8. The summed E-state index contributed by atoms with van der Waals surface area (Å²) in [6.07, 6.45) is 0. The van der Waals surface area contributed by atoms with Crippen molar-refractivity contribution in [3.05, 3.63) is 90.0 Å². The third-order valence-corrected chi connectivity index (χ3v) is 4.75. The van der Waals surface area contributed by atoms with E-state index in [0.29, 0.717) is 0 Å². The second kappa shape index (κ2) is 5.50. The van der Waals surface area contributed by atoms with Gasteiger partial charge in [0.2, 0.25) is 5.52 Å². The van der Waals surface area contributed by atoms with Crippen LogP contribution in [0.3, 0.4) is 0 Å². The lowest BCUT2D eigenvalue weighted by molar-refractivity contribution is -0.580. The minimum absolute atomic E-state index is 0.740. The summed E-state index contributed by atoms with van der Waals surface area (Å²) in [6.45, 7) is 0. The molecule has 0 fully saturated rings. The summed E-state index contributed by atoms with van der Waals surface area (Å²) < 4.78 is 4.31. The molecule has 0 radical (unpaired) electrons. The molecule has 25 heavy (non-hydrogen) atoms. The molecule has 0 aliphatic carbocycles. The summed E-state index contributed by atoms with van der Waals surface area (Å²) in [6, 6.07) is 28.9. The highest BCUT2D eigenvalue weighted by atomic mass is 35.5. The number of H-pyrrole nitrogens is 1. The van der Waals surface area contributed by atoms with Crippen LogP contribution in [-0.2, 0) is 0 Å². The molecule has 5 aromatic rings. The summed E-state index contributed by atoms with van der Waals surface area (Å²) in [5.74, 6) is 0. The van der Waals surface area contributed by atoms with E-state index in [4.69, 9.17) is 11.6 Å². The van der Waals surface area contributed by atoms with E-state index in [9.17, 15) is 0 Å². The molecule has 0 aliphatic rings. The van der Waals surface area contributed by atoms with Crippen molar-refractivity contribution in [2.24, 2.45) is 0 Å². The number of hydrogen-bond donors (Lipinski definition) is 1. The SMILES string of the molecule is Clc1ccc(-c2cc(-c3ccccc3)[n+]3c4ccccc4[nH]n23)cc1. The third-order valence-electron chi connectivity index (χ3n) is 4.50. The molecule has 0 amide bonds. The molecule has 120 valence electrons. The average Bonchev–Trinajstić information content (AvgIpc) is 3.21. The van der Waals surface area contributed by atoms with Gasteiger partial charge >= 0.3 is 0 Å². The van der Waals surface area contributed by atoms with E-state index in [2.05, 4.69) is 62.8 Å². The van der Waals surface area contributed by atoms with Crippen LogP contribution in [0, 0.1) is 0 Å². The maximum Gasteiger partial charge on any atom is 0.202 e. The van der Waals surface area contributed by atoms with E-state index in [1.807, 2.05) is 36.4 Å². The Balaban J connectivity index is 1.89. The normalized spacial score (nSPS) is 11.4. The lowest BCUT2D eigenvalue weighted by Crippen LogP contribution is -2.28. The number of nitrogens with one attached hydrogen (secondary N) is 1. The Bertz CT molecular complexity index is 1180. The first-order valence-corrected chi connectivity index (χ1v) is 8.55. The molecule has 1 N–H and O–H groups in total.